The van der Waals surface area contributed by atoms with Gasteiger partial charge in [-0.25, -0.2) is 0 Å². The minimum atomic E-state index is -4.99. The molecule has 1 unspecified atom stereocenters. The number of aromatic nitrogens is 1. The summed E-state index contributed by atoms with van der Waals surface area (Å²) in [6.45, 7) is 0.891. The fourth-order valence-electron chi connectivity index (χ4n) is 8.42. The Balaban J connectivity index is 1.84. The first-order valence-corrected chi connectivity index (χ1v) is 25.1. The van der Waals surface area contributed by atoms with Crippen LogP contribution in [0, 0.1) is 0 Å². The molecule has 0 spiro atoms. The molecule has 30 heteroatoms. The quantitative estimate of drug-likeness (QED) is 0.0335. The molecule has 1 saturated heterocycles. The van der Waals surface area contributed by atoms with Gasteiger partial charge in [-0.3, -0.25) is 57.9 Å². The van der Waals surface area contributed by atoms with E-state index in [2.05, 4.69) is 57.5 Å². The highest BCUT2D eigenvalue weighted by atomic mass is 19.4. The van der Waals surface area contributed by atoms with E-state index < -0.39 is 138 Å². The van der Waals surface area contributed by atoms with Crippen molar-refractivity contribution in [3.8, 4) is 0 Å². The van der Waals surface area contributed by atoms with Crippen LogP contribution in [0.15, 0.2) is 64.7 Å². The summed E-state index contributed by atoms with van der Waals surface area (Å²) < 4.78 is 43.4. The van der Waals surface area contributed by atoms with E-state index in [9.17, 15) is 61.1 Å². The summed E-state index contributed by atoms with van der Waals surface area (Å²) in [5.41, 5.74) is 32.5. The standard InChI is InChI=1S/C49H68F3N17O10/c1-25(70)63-32(13-7-19-60-47(55)56)41(74)65-33-14-6-18-59-39(72)17-16-31(40(54)73)64-44(77)36(22-27-24-62-30-12-5-3-10-28(27)30)67-42(75)34(15-8-20-61-48(57)58)66-45(78)35(21-26-9-2-4-11-29(26)49(50,51)52)68-46(79)37(23-38(53)71)69-43(33)76/h2-5,9-12,24,31-37,62H,6-8,13-23H2,1H3,(H2,53,71)(H2,54,73)(H,59,72)(H,63,70)(H,64,77)(H,65,74)(H,66,78)(H,67,75)(H,68,79)(H,69,76)(H4,55,56,60)(H4,57,58,61)/t31-,32-,33-,34-,35+,36?,37-/m0/s1. The van der Waals surface area contributed by atoms with E-state index in [-0.39, 0.29) is 82.9 Å². The van der Waals surface area contributed by atoms with Crippen molar-refractivity contribution in [1.29, 1.82) is 0 Å². The number of H-pyrrole nitrogens is 1. The number of fused-ring (bicyclic) bond motifs is 1. The molecule has 2 aromatic carbocycles. The number of primary amides is 2. The molecule has 0 radical (unpaired) electrons. The molecule has 0 saturated carbocycles. The molecular formula is C49H68F3N17O10. The number of benzene rings is 2. The number of aromatic amines is 1. The Morgan fingerprint density at radius 2 is 1.27 bits per heavy atom. The fourth-order valence-corrected chi connectivity index (χ4v) is 8.42. The topological polar surface area (TPSA) is 464 Å². The van der Waals surface area contributed by atoms with Crippen LogP contribution in [-0.2, 0) is 67.0 Å². The number of nitrogens with zero attached hydrogens (tertiary/aromatic N) is 2. The first-order chi connectivity index (χ1) is 37.3. The summed E-state index contributed by atoms with van der Waals surface area (Å²) >= 11 is 0. The molecule has 430 valence electrons. The van der Waals surface area contributed by atoms with Crippen molar-refractivity contribution in [2.75, 3.05) is 19.6 Å². The number of aliphatic imine (C=N–C) groups is 2. The van der Waals surface area contributed by atoms with Gasteiger partial charge in [0, 0.05) is 62.9 Å². The molecule has 7 atom stereocenters. The number of carbonyl (C=O) groups excluding carboxylic acids is 10. The van der Waals surface area contributed by atoms with E-state index in [1.165, 1.54) is 6.07 Å². The van der Waals surface area contributed by atoms with Crippen LogP contribution in [0.2, 0.25) is 0 Å². The third kappa shape index (κ3) is 20.8. The van der Waals surface area contributed by atoms with E-state index >= 15 is 0 Å². The fraction of sp³-hybridized carbons (Fsp3) is 0.469. The number of amides is 10. The lowest BCUT2D eigenvalue weighted by Crippen LogP contribution is -2.61. The van der Waals surface area contributed by atoms with E-state index in [1.54, 1.807) is 30.5 Å². The van der Waals surface area contributed by atoms with Gasteiger partial charge in [0.15, 0.2) is 11.9 Å². The Bertz CT molecular complexity index is 2750. The van der Waals surface area contributed by atoms with Gasteiger partial charge in [-0.1, -0.05) is 36.4 Å². The van der Waals surface area contributed by atoms with Gasteiger partial charge in [0.05, 0.1) is 12.0 Å². The van der Waals surface area contributed by atoms with Crippen LogP contribution in [0.1, 0.15) is 81.4 Å². The van der Waals surface area contributed by atoms with E-state index in [0.29, 0.717) is 16.5 Å². The number of hydrogen-bond donors (Lipinski definition) is 15. The van der Waals surface area contributed by atoms with Gasteiger partial charge in [-0.15, -0.1) is 0 Å². The third-order valence-electron chi connectivity index (χ3n) is 12.3. The Morgan fingerprint density at radius 1 is 0.696 bits per heavy atom. The Labute approximate surface area is 450 Å². The van der Waals surface area contributed by atoms with Crippen molar-refractivity contribution in [2.45, 2.75) is 126 Å². The number of rotatable bonds is 18. The number of nitrogens with two attached hydrogens (primary N) is 6. The highest BCUT2D eigenvalue weighted by molar-refractivity contribution is 5.99. The van der Waals surface area contributed by atoms with Crippen molar-refractivity contribution in [2.24, 2.45) is 44.4 Å². The van der Waals surface area contributed by atoms with Crippen LogP contribution in [0.3, 0.4) is 0 Å². The predicted octanol–water partition coefficient (Wildman–Crippen LogP) is -3.46. The zero-order chi connectivity index (χ0) is 58.4. The zero-order valence-electron chi connectivity index (χ0n) is 43.2. The van der Waals surface area contributed by atoms with E-state index in [1.807, 2.05) is 0 Å². The summed E-state index contributed by atoms with van der Waals surface area (Å²) in [7, 11) is 0. The lowest BCUT2D eigenvalue weighted by Gasteiger charge is -2.28. The minimum absolute atomic E-state index is 0.0384. The molecule has 1 fully saturated rings. The normalized spacial score (nSPS) is 20.8. The average Bonchev–Trinajstić information content (AvgIpc) is 3.81. The lowest BCUT2D eigenvalue weighted by molar-refractivity contribution is -0.139. The second-order valence-corrected chi connectivity index (χ2v) is 18.5. The van der Waals surface area contributed by atoms with Gasteiger partial charge in [0.25, 0.3) is 0 Å². The Morgan fingerprint density at radius 3 is 1.90 bits per heavy atom. The van der Waals surface area contributed by atoms with Crippen LogP contribution < -0.4 is 76.9 Å². The number of carbonyl (C=O) groups is 10. The summed E-state index contributed by atoms with van der Waals surface area (Å²) in [4.78, 5) is 147. The second-order valence-electron chi connectivity index (χ2n) is 18.5. The molecule has 0 bridgehead atoms. The molecular weight excluding hydrogens is 1040 g/mol. The highest BCUT2D eigenvalue weighted by Gasteiger charge is 2.38. The molecule has 79 heavy (non-hydrogen) atoms. The summed E-state index contributed by atoms with van der Waals surface area (Å²) in [5.74, 6) is -10.7. The molecule has 21 N–H and O–H groups in total. The first kappa shape index (κ1) is 62.5. The second kappa shape index (κ2) is 30.1. The van der Waals surface area contributed by atoms with Crippen LogP contribution in [-0.4, -0.2) is 138 Å². The predicted molar refractivity (Wildman–Crippen MR) is 281 cm³/mol. The molecule has 10 amide bonds. The van der Waals surface area contributed by atoms with Crippen molar-refractivity contribution in [3.63, 3.8) is 0 Å². The number of nitrogens with one attached hydrogen (secondary N) is 9. The van der Waals surface area contributed by atoms with Crippen molar-refractivity contribution >= 4 is 81.9 Å². The molecule has 2 heterocycles. The highest BCUT2D eigenvalue weighted by Crippen LogP contribution is 2.32. The van der Waals surface area contributed by atoms with Gasteiger partial charge in [0.2, 0.25) is 59.1 Å². The number of guanidine groups is 2. The van der Waals surface area contributed by atoms with Gasteiger partial charge in [-0.2, -0.15) is 13.2 Å². The maximum Gasteiger partial charge on any atom is 0.416 e. The van der Waals surface area contributed by atoms with Crippen LogP contribution in [0.4, 0.5) is 13.2 Å². The van der Waals surface area contributed by atoms with Crippen LogP contribution >= 0.6 is 0 Å². The summed E-state index contributed by atoms with van der Waals surface area (Å²) in [5, 5.41) is 20.4. The maximum absolute atomic E-state index is 14.6. The smallest absolute Gasteiger partial charge is 0.370 e. The van der Waals surface area contributed by atoms with Crippen molar-refractivity contribution in [3.05, 3.63) is 71.4 Å². The molecule has 1 aliphatic heterocycles. The summed E-state index contributed by atoms with van der Waals surface area (Å²) in [6.07, 6.45) is -6.87. The molecule has 4 rings (SSSR count). The lowest BCUT2D eigenvalue weighted by atomic mass is 9.98. The Hall–Kier alpha value is -8.99. The SMILES string of the molecule is CC(=O)N[C@@H](CCCN=C(N)N)C(=O)N[C@H]1CCCNC(=O)CC[C@@H](C(N)=O)NC(=O)C(Cc2c[nH]c3ccccc23)NC(=O)[C@H](CCCN=C(N)N)NC(=O)[C@@H](Cc2ccccc2C(F)(F)F)NC(=O)[C@H](CC(N)=O)NC1=O. The largest absolute Gasteiger partial charge is 0.416 e. The van der Waals surface area contributed by atoms with E-state index in [4.69, 9.17) is 34.4 Å². The van der Waals surface area contributed by atoms with E-state index in [0.717, 1.165) is 25.1 Å². The number of alkyl halides is 3. The van der Waals surface area contributed by atoms with Crippen LogP contribution in [0.25, 0.3) is 10.9 Å². The Kier molecular flexibility index (Phi) is 23.8. The number of hydrogen-bond acceptors (Lipinski definition) is 12. The van der Waals surface area contributed by atoms with Gasteiger partial charge >= 0.3 is 6.18 Å². The van der Waals surface area contributed by atoms with Crippen LogP contribution in [0.5, 0.6) is 0 Å². The minimum Gasteiger partial charge on any atom is -0.370 e. The molecule has 3 aromatic rings. The zero-order valence-corrected chi connectivity index (χ0v) is 43.2. The van der Waals surface area contributed by atoms with Gasteiger partial charge in [-0.05, 0) is 68.2 Å². The summed E-state index contributed by atoms with van der Waals surface area (Å²) in [6, 6.07) is -0.550. The van der Waals surface area contributed by atoms with Crippen molar-refractivity contribution in [1.82, 2.24) is 47.5 Å². The molecule has 1 aliphatic rings. The number of para-hydroxylation sites is 1. The molecule has 1 aromatic heterocycles. The molecule has 27 nitrogen and oxygen atoms in total. The van der Waals surface area contributed by atoms with Gasteiger partial charge in [0.1, 0.15) is 42.3 Å². The monoisotopic (exact) mass is 1110 g/mol. The average molecular weight is 1110 g/mol. The van der Waals surface area contributed by atoms with Crippen molar-refractivity contribution < 1.29 is 61.1 Å². The maximum atomic E-state index is 14.6. The molecule has 0 aliphatic carbocycles. The first-order valence-electron chi connectivity index (χ1n) is 25.1. The number of halogens is 3. The van der Waals surface area contributed by atoms with Gasteiger partial charge < -0.3 is 81.9 Å². The third-order valence-corrected chi connectivity index (χ3v) is 12.3.